The molecule has 0 aromatic heterocycles. The van der Waals surface area contributed by atoms with E-state index in [1.165, 1.54) is 25.3 Å². The minimum Gasteiger partial charge on any atom is -0.490 e. The van der Waals surface area contributed by atoms with Gasteiger partial charge in [-0.15, -0.1) is 0 Å². The molecule has 7 heteroatoms. The predicted octanol–water partition coefficient (Wildman–Crippen LogP) is 1.60. The number of nitrogens with one attached hydrogen (secondary N) is 1. The number of nitro groups is 1. The van der Waals surface area contributed by atoms with Crippen molar-refractivity contribution in [2.45, 2.75) is 37.8 Å². The van der Waals surface area contributed by atoms with Gasteiger partial charge in [-0.05, 0) is 18.9 Å². The summed E-state index contributed by atoms with van der Waals surface area (Å²) >= 11 is 0. The van der Waals surface area contributed by atoms with Crippen LogP contribution in [0.4, 0.5) is 5.69 Å². The van der Waals surface area contributed by atoms with Crippen molar-refractivity contribution < 1.29 is 14.5 Å². The molecule has 0 saturated heterocycles. The van der Waals surface area contributed by atoms with E-state index in [1.54, 1.807) is 0 Å². The van der Waals surface area contributed by atoms with Gasteiger partial charge in [-0.25, -0.2) is 0 Å². The molecule has 0 unspecified atom stereocenters. The van der Waals surface area contributed by atoms with Crippen molar-refractivity contribution in [2.75, 3.05) is 7.11 Å². The Morgan fingerprint density at radius 2 is 2.14 bits per heavy atom. The zero-order chi connectivity index (χ0) is 15.4. The highest BCUT2D eigenvalue weighted by atomic mass is 16.6. The second kappa shape index (κ2) is 6.53. The van der Waals surface area contributed by atoms with Crippen LogP contribution in [0.2, 0.25) is 0 Å². The number of nitrogens with two attached hydrogens (primary N) is 1. The summed E-state index contributed by atoms with van der Waals surface area (Å²) in [7, 11) is 1.33. The number of rotatable bonds is 4. The van der Waals surface area contributed by atoms with Gasteiger partial charge in [0.05, 0.1) is 12.0 Å². The first-order valence-electron chi connectivity index (χ1n) is 6.92. The van der Waals surface area contributed by atoms with Crippen LogP contribution in [0.15, 0.2) is 18.2 Å². The monoisotopic (exact) mass is 293 g/mol. The summed E-state index contributed by atoms with van der Waals surface area (Å²) in [5.74, 6) is -0.217. The van der Waals surface area contributed by atoms with E-state index in [2.05, 4.69) is 5.32 Å². The fraction of sp³-hybridized carbons (Fsp3) is 0.500. The molecule has 114 valence electrons. The second-order valence-electron chi connectivity index (χ2n) is 5.17. The fourth-order valence-electron chi connectivity index (χ4n) is 2.56. The smallest absolute Gasteiger partial charge is 0.310 e. The van der Waals surface area contributed by atoms with Crippen molar-refractivity contribution >= 4 is 11.6 Å². The minimum atomic E-state index is -0.544. The van der Waals surface area contributed by atoms with Gasteiger partial charge in [-0.2, -0.15) is 0 Å². The SMILES string of the molecule is COc1cc(C(=O)N[C@@H]2CCCC[C@H]2N)ccc1[N+](=O)[O-]. The van der Waals surface area contributed by atoms with Crippen LogP contribution in [-0.2, 0) is 0 Å². The Morgan fingerprint density at radius 1 is 1.43 bits per heavy atom. The number of nitrogens with zero attached hydrogens (tertiary/aromatic N) is 1. The number of methoxy groups -OCH3 is 1. The van der Waals surface area contributed by atoms with E-state index in [1.807, 2.05) is 0 Å². The zero-order valence-corrected chi connectivity index (χ0v) is 11.9. The van der Waals surface area contributed by atoms with E-state index < -0.39 is 4.92 Å². The van der Waals surface area contributed by atoms with E-state index >= 15 is 0 Å². The van der Waals surface area contributed by atoms with Crippen LogP contribution in [0.1, 0.15) is 36.0 Å². The largest absolute Gasteiger partial charge is 0.490 e. The Bertz CT molecular complexity index is 547. The third-order valence-corrected chi connectivity index (χ3v) is 3.77. The normalized spacial score (nSPS) is 21.6. The number of amides is 1. The Labute approximate surface area is 122 Å². The molecule has 2 atom stereocenters. The van der Waals surface area contributed by atoms with Gasteiger partial charge in [0.1, 0.15) is 0 Å². The maximum absolute atomic E-state index is 12.2. The van der Waals surface area contributed by atoms with Crippen LogP contribution < -0.4 is 15.8 Å². The van der Waals surface area contributed by atoms with Gasteiger partial charge >= 0.3 is 5.69 Å². The summed E-state index contributed by atoms with van der Waals surface area (Å²) < 4.78 is 4.96. The highest BCUT2D eigenvalue weighted by Gasteiger charge is 2.24. The average molecular weight is 293 g/mol. The molecule has 0 radical (unpaired) electrons. The summed E-state index contributed by atoms with van der Waals surface area (Å²) in [6.45, 7) is 0. The van der Waals surface area contributed by atoms with Crippen LogP contribution in [0.5, 0.6) is 5.75 Å². The Kier molecular flexibility index (Phi) is 4.74. The number of ether oxygens (including phenoxy) is 1. The van der Waals surface area contributed by atoms with Crippen molar-refractivity contribution in [3.8, 4) is 5.75 Å². The van der Waals surface area contributed by atoms with Gasteiger partial charge in [-0.1, -0.05) is 12.8 Å². The summed E-state index contributed by atoms with van der Waals surface area (Å²) in [4.78, 5) is 22.5. The molecule has 1 aliphatic rings. The Hall–Kier alpha value is -2.15. The molecular formula is C14H19N3O4. The van der Waals surface area contributed by atoms with E-state index in [4.69, 9.17) is 10.5 Å². The van der Waals surface area contributed by atoms with Crippen LogP contribution >= 0.6 is 0 Å². The lowest BCUT2D eigenvalue weighted by Gasteiger charge is -2.29. The van der Waals surface area contributed by atoms with Gasteiger partial charge in [0.15, 0.2) is 5.75 Å². The molecule has 3 N–H and O–H groups in total. The lowest BCUT2D eigenvalue weighted by molar-refractivity contribution is -0.385. The highest BCUT2D eigenvalue weighted by Crippen LogP contribution is 2.27. The number of carbonyl (C=O) groups excluding carboxylic acids is 1. The number of benzene rings is 1. The van der Waals surface area contributed by atoms with Crippen molar-refractivity contribution in [1.82, 2.24) is 5.32 Å². The molecule has 21 heavy (non-hydrogen) atoms. The van der Waals surface area contributed by atoms with E-state index in [-0.39, 0.29) is 29.4 Å². The topological polar surface area (TPSA) is 107 Å². The third kappa shape index (κ3) is 3.49. The van der Waals surface area contributed by atoms with Crippen molar-refractivity contribution in [2.24, 2.45) is 5.73 Å². The van der Waals surface area contributed by atoms with Crippen LogP contribution in [0, 0.1) is 10.1 Å². The van der Waals surface area contributed by atoms with E-state index in [0.29, 0.717) is 5.56 Å². The first-order valence-corrected chi connectivity index (χ1v) is 6.92. The molecule has 0 bridgehead atoms. The Balaban J connectivity index is 2.13. The fourth-order valence-corrected chi connectivity index (χ4v) is 2.56. The lowest BCUT2D eigenvalue weighted by atomic mass is 9.91. The maximum atomic E-state index is 12.2. The number of hydrogen-bond donors (Lipinski definition) is 2. The van der Waals surface area contributed by atoms with E-state index in [0.717, 1.165) is 25.7 Å². The highest BCUT2D eigenvalue weighted by molar-refractivity contribution is 5.95. The van der Waals surface area contributed by atoms with Crippen molar-refractivity contribution in [1.29, 1.82) is 0 Å². The summed E-state index contributed by atoms with van der Waals surface area (Å²) in [6.07, 6.45) is 3.88. The average Bonchev–Trinajstić information content (AvgIpc) is 2.48. The van der Waals surface area contributed by atoms with Crippen molar-refractivity contribution in [3.05, 3.63) is 33.9 Å². The van der Waals surface area contributed by atoms with Crippen LogP contribution in [0.25, 0.3) is 0 Å². The predicted molar refractivity (Wildman–Crippen MR) is 77.3 cm³/mol. The molecule has 1 saturated carbocycles. The Morgan fingerprint density at radius 3 is 2.76 bits per heavy atom. The van der Waals surface area contributed by atoms with E-state index in [9.17, 15) is 14.9 Å². The van der Waals surface area contributed by atoms with Gasteiger partial charge in [0.25, 0.3) is 5.91 Å². The molecule has 0 aliphatic heterocycles. The number of hydrogen-bond acceptors (Lipinski definition) is 5. The van der Waals surface area contributed by atoms with Crippen molar-refractivity contribution in [3.63, 3.8) is 0 Å². The molecule has 0 spiro atoms. The molecule has 7 nitrogen and oxygen atoms in total. The van der Waals surface area contributed by atoms with Gasteiger partial charge < -0.3 is 15.8 Å². The minimum absolute atomic E-state index is 0.0392. The summed E-state index contributed by atoms with van der Waals surface area (Å²) in [6, 6.07) is 3.98. The molecule has 1 amide bonds. The molecule has 2 rings (SSSR count). The first-order chi connectivity index (χ1) is 10.0. The molecule has 1 fully saturated rings. The lowest BCUT2D eigenvalue weighted by Crippen LogP contribution is -2.49. The molecular weight excluding hydrogens is 274 g/mol. The maximum Gasteiger partial charge on any atom is 0.310 e. The zero-order valence-electron chi connectivity index (χ0n) is 11.9. The summed E-state index contributed by atoms with van der Waals surface area (Å²) in [5, 5.41) is 13.7. The summed E-state index contributed by atoms with van der Waals surface area (Å²) in [5.41, 5.74) is 6.16. The molecule has 1 aromatic carbocycles. The van der Waals surface area contributed by atoms with Gasteiger partial charge in [-0.3, -0.25) is 14.9 Å². The van der Waals surface area contributed by atoms with Gasteiger partial charge in [0.2, 0.25) is 0 Å². The molecule has 1 aliphatic carbocycles. The van der Waals surface area contributed by atoms with Crippen LogP contribution in [0.3, 0.4) is 0 Å². The second-order valence-corrected chi connectivity index (χ2v) is 5.17. The first kappa shape index (κ1) is 15.2. The number of nitro benzene ring substituents is 1. The quantitative estimate of drug-likeness (QED) is 0.647. The van der Waals surface area contributed by atoms with Crippen LogP contribution in [-0.4, -0.2) is 30.0 Å². The molecule has 1 aromatic rings. The molecule has 0 heterocycles. The van der Waals surface area contributed by atoms with Gasteiger partial charge in [0, 0.05) is 29.8 Å². The number of carbonyl (C=O) groups is 1. The standard InChI is InChI=1S/C14H19N3O4/c1-21-13-8-9(6-7-12(13)17(19)20)14(18)16-11-5-3-2-4-10(11)15/h6-8,10-11H,2-5,15H2,1H3,(H,16,18)/t10-,11-/m1/s1. The third-order valence-electron chi connectivity index (χ3n) is 3.77.